The predicted molar refractivity (Wildman–Crippen MR) is 79.0 cm³/mol. The molecule has 116 valence electrons. The van der Waals surface area contributed by atoms with E-state index in [1.54, 1.807) is 6.08 Å². The van der Waals surface area contributed by atoms with Crippen molar-refractivity contribution in [1.82, 2.24) is 0 Å². The van der Waals surface area contributed by atoms with Gasteiger partial charge >= 0.3 is 59.1 Å². The smallest absolute Gasteiger partial charge is 0.790 e. The van der Waals surface area contributed by atoms with Gasteiger partial charge in [-0.15, -0.1) is 0 Å². The standard InChI is InChI=1S/C15H27O4P.2Na/c1-13(2)7-5-8-14(3)9-6-10-15(4)11-12-19-20(16,17)18;;/h7,9,11H,5-6,8,10,12H2,1-4H3,(H2,16,17,18);;/q;2*+1/p-2/b14-9-,15-11-;;. The van der Waals surface area contributed by atoms with E-state index in [-0.39, 0.29) is 65.7 Å². The molecule has 22 heavy (non-hydrogen) atoms. The second-order valence-electron chi connectivity index (χ2n) is 5.20. The Morgan fingerprint density at radius 3 is 1.82 bits per heavy atom. The predicted octanol–water partition coefficient (Wildman–Crippen LogP) is -2.74. The van der Waals surface area contributed by atoms with E-state index in [2.05, 4.69) is 37.4 Å². The average molecular weight is 346 g/mol. The zero-order chi connectivity index (χ0) is 15.6. The number of allylic oxidation sites excluding steroid dienone is 5. The maximum Gasteiger partial charge on any atom is 1.00 e. The van der Waals surface area contributed by atoms with Crippen molar-refractivity contribution in [3.63, 3.8) is 0 Å². The Morgan fingerprint density at radius 2 is 1.36 bits per heavy atom. The topological polar surface area (TPSA) is 72.4 Å². The number of hydrogen-bond acceptors (Lipinski definition) is 4. The van der Waals surface area contributed by atoms with Crippen LogP contribution in [0.3, 0.4) is 0 Å². The number of rotatable bonds is 9. The van der Waals surface area contributed by atoms with Gasteiger partial charge in [0.25, 0.3) is 0 Å². The van der Waals surface area contributed by atoms with Gasteiger partial charge in [0.15, 0.2) is 0 Å². The van der Waals surface area contributed by atoms with E-state index in [1.165, 1.54) is 11.1 Å². The van der Waals surface area contributed by atoms with Gasteiger partial charge in [-0.1, -0.05) is 34.9 Å². The van der Waals surface area contributed by atoms with Crippen LogP contribution >= 0.6 is 7.82 Å². The van der Waals surface area contributed by atoms with Gasteiger partial charge in [-0.05, 0) is 53.4 Å². The average Bonchev–Trinajstić information content (AvgIpc) is 2.26. The molecule has 0 rings (SSSR count). The van der Waals surface area contributed by atoms with Gasteiger partial charge in [0.1, 0.15) is 0 Å². The summed E-state index contributed by atoms with van der Waals surface area (Å²) >= 11 is 0. The summed E-state index contributed by atoms with van der Waals surface area (Å²) in [6.45, 7) is 8.04. The molecule has 0 aromatic rings. The summed E-state index contributed by atoms with van der Waals surface area (Å²) in [6.07, 6.45) is 9.94. The van der Waals surface area contributed by atoms with Crippen LogP contribution in [0.1, 0.15) is 53.4 Å². The molecule has 0 aliphatic rings. The first-order valence-corrected chi connectivity index (χ1v) is 8.28. The Labute approximate surface area is 179 Å². The van der Waals surface area contributed by atoms with Gasteiger partial charge in [-0.2, -0.15) is 0 Å². The molecule has 0 N–H and O–H groups in total. The van der Waals surface area contributed by atoms with Crippen molar-refractivity contribution >= 4 is 7.82 Å². The SMILES string of the molecule is CC(C)=CCC/C(C)=C\CC/C(C)=C\COP(=O)([O-])[O-].[Na+].[Na+]. The molecule has 0 aliphatic carbocycles. The van der Waals surface area contributed by atoms with Gasteiger partial charge in [0, 0.05) is 0 Å². The van der Waals surface area contributed by atoms with Gasteiger partial charge in [-0.3, -0.25) is 0 Å². The maximum atomic E-state index is 10.3. The molecule has 0 aromatic carbocycles. The fraction of sp³-hybridized carbons (Fsp3) is 0.600. The molecule has 0 spiro atoms. The van der Waals surface area contributed by atoms with E-state index in [4.69, 9.17) is 0 Å². The van der Waals surface area contributed by atoms with Crippen LogP contribution in [-0.4, -0.2) is 6.61 Å². The Kier molecular flexibility index (Phi) is 20.3. The molecular formula is C15H25Na2O4P. The summed E-state index contributed by atoms with van der Waals surface area (Å²) < 4.78 is 14.4. The quantitative estimate of drug-likeness (QED) is 0.258. The fourth-order valence-electron chi connectivity index (χ4n) is 1.61. The van der Waals surface area contributed by atoms with Gasteiger partial charge in [0.05, 0.1) is 14.4 Å². The van der Waals surface area contributed by atoms with Crippen LogP contribution in [0.4, 0.5) is 0 Å². The number of phosphoric ester groups is 1. The molecule has 0 saturated carbocycles. The molecule has 0 heterocycles. The zero-order valence-corrected chi connectivity index (χ0v) is 19.7. The van der Waals surface area contributed by atoms with E-state index in [0.29, 0.717) is 0 Å². The van der Waals surface area contributed by atoms with Crippen LogP contribution in [0.2, 0.25) is 0 Å². The molecule has 0 bridgehead atoms. The molecule has 0 radical (unpaired) electrons. The Morgan fingerprint density at radius 1 is 0.909 bits per heavy atom. The van der Waals surface area contributed by atoms with E-state index >= 15 is 0 Å². The molecule has 0 atom stereocenters. The summed E-state index contributed by atoms with van der Waals surface area (Å²) in [4.78, 5) is 20.5. The summed E-state index contributed by atoms with van der Waals surface area (Å²) in [7, 11) is -4.85. The summed E-state index contributed by atoms with van der Waals surface area (Å²) in [5.74, 6) is 0. The third-order valence-corrected chi connectivity index (χ3v) is 3.25. The maximum absolute atomic E-state index is 10.3. The molecule has 0 aliphatic heterocycles. The molecule has 0 saturated heterocycles. The van der Waals surface area contributed by atoms with Crippen LogP contribution < -0.4 is 68.9 Å². The molecule has 0 amide bonds. The zero-order valence-electron chi connectivity index (χ0n) is 14.8. The third kappa shape index (κ3) is 21.3. The largest absolute Gasteiger partial charge is 1.00 e. The second kappa shape index (κ2) is 15.8. The monoisotopic (exact) mass is 346 g/mol. The Bertz CT molecular complexity index is 421. The first-order chi connectivity index (χ1) is 9.20. The normalized spacial score (nSPS) is 12.3. The van der Waals surface area contributed by atoms with E-state index in [0.717, 1.165) is 31.3 Å². The molecule has 7 heteroatoms. The van der Waals surface area contributed by atoms with Crippen molar-refractivity contribution in [2.24, 2.45) is 0 Å². The minimum Gasteiger partial charge on any atom is -0.790 e. The van der Waals surface area contributed by atoms with E-state index < -0.39 is 7.82 Å². The van der Waals surface area contributed by atoms with E-state index in [1.807, 2.05) is 6.92 Å². The van der Waals surface area contributed by atoms with Crippen molar-refractivity contribution in [2.75, 3.05) is 6.61 Å². The van der Waals surface area contributed by atoms with Gasteiger partial charge < -0.3 is 18.9 Å². The van der Waals surface area contributed by atoms with Gasteiger partial charge in [-0.25, -0.2) is 0 Å². The third-order valence-electron chi connectivity index (χ3n) is 2.79. The molecule has 0 fully saturated rings. The molecular weight excluding hydrogens is 321 g/mol. The number of hydrogen-bond donors (Lipinski definition) is 0. The Hall–Kier alpha value is 1.33. The van der Waals surface area contributed by atoms with Crippen LogP contribution in [-0.2, 0) is 9.09 Å². The Balaban J connectivity index is -0.00000180. The minimum atomic E-state index is -4.85. The van der Waals surface area contributed by atoms with Crippen molar-refractivity contribution in [2.45, 2.75) is 53.4 Å². The molecule has 0 aromatic heterocycles. The summed E-state index contributed by atoms with van der Waals surface area (Å²) in [5, 5.41) is 0. The van der Waals surface area contributed by atoms with Crippen molar-refractivity contribution < 1.29 is 78.0 Å². The number of phosphoric acid groups is 1. The minimum absolute atomic E-state index is 0. The van der Waals surface area contributed by atoms with Crippen molar-refractivity contribution in [1.29, 1.82) is 0 Å². The van der Waals surface area contributed by atoms with Crippen LogP contribution in [0.25, 0.3) is 0 Å². The first kappa shape index (κ1) is 28.1. The second-order valence-corrected chi connectivity index (χ2v) is 6.36. The van der Waals surface area contributed by atoms with Crippen molar-refractivity contribution in [3.05, 3.63) is 34.9 Å². The van der Waals surface area contributed by atoms with E-state index in [9.17, 15) is 14.4 Å². The summed E-state index contributed by atoms with van der Waals surface area (Å²) in [6, 6.07) is 0. The van der Waals surface area contributed by atoms with Crippen LogP contribution in [0, 0.1) is 0 Å². The fourth-order valence-corrected chi connectivity index (χ4v) is 1.87. The van der Waals surface area contributed by atoms with Crippen molar-refractivity contribution in [3.8, 4) is 0 Å². The molecule has 4 nitrogen and oxygen atoms in total. The summed E-state index contributed by atoms with van der Waals surface area (Å²) in [5.41, 5.74) is 3.72. The first-order valence-electron chi connectivity index (χ1n) is 6.82. The van der Waals surface area contributed by atoms with Crippen LogP contribution in [0.15, 0.2) is 34.9 Å². The molecule has 0 unspecified atom stereocenters. The van der Waals surface area contributed by atoms with Crippen LogP contribution in [0.5, 0.6) is 0 Å². The van der Waals surface area contributed by atoms with Gasteiger partial charge in [0.2, 0.25) is 0 Å².